The number of hydrogen-bond acceptors (Lipinski definition) is 3. The van der Waals surface area contributed by atoms with Gasteiger partial charge in [0.25, 0.3) is 0 Å². The molecule has 0 aromatic carbocycles. The highest BCUT2D eigenvalue weighted by Gasteiger charge is 2.08. The van der Waals surface area contributed by atoms with Crippen molar-refractivity contribution in [2.45, 2.75) is 13.5 Å². The Morgan fingerprint density at radius 3 is 3.13 bits per heavy atom. The van der Waals surface area contributed by atoms with Crippen LogP contribution in [0.5, 0.6) is 0 Å². The first-order valence-corrected chi connectivity index (χ1v) is 4.83. The molecule has 0 saturated heterocycles. The summed E-state index contributed by atoms with van der Waals surface area (Å²) in [5, 5.41) is 0. The molecule has 0 atom stereocenters. The minimum absolute atomic E-state index is 0.0509. The third-order valence-electron chi connectivity index (χ3n) is 2.19. The molecule has 0 spiro atoms. The van der Waals surface area contributed by atoms with Crippen molar-refractivity contribution in [3.8, 4) is 0 Å². The topological polar surface area (TPSA) is 76.7 Å². The molecule has 0 radical (unpaired) electrons. The monoisotopic (exact) mass is 222 g/mol. The van der Waals surface area contributed by atoms with Crippen molar-refractivity contribution in [3.63, 3.8) is 0 Å². The van der Waals surface area contributed by atoms with Gasteiger partial charge in [-0.05, 0) is 30.8 Å². The van der Waals surface area contributed by atoms with Gasteiger partial charge in [0.15, 0.2) is 10.4 Å². The summed E-state index contributed by atoms with van der Waals surface area (Å²) in [6.45, 7) is 2.00. The molecule has 0 aliphatic rings. The Labute approximate surface area is 90.9 Å². The molecule has 2 heterocycles. The Morgan fingerprint density at radius 1 is 1.73 bits per heavy atom. The van der Waals surface area contributed by atoms with Crippen LogP contribution in [0.2, 0.25) is 0 Å². The van der Waals surface area contributed by atoms with Crippen molar-refractivity contribution in [3.05, 3.63) is 22.6 Å². The van der Waals surface area contributed by atoms with E-state index in [1.807, 2.05) is 13.0 Å². The van der Waals surface area contributed by atoms with Crippen LogP contribution in [-0.4, -0.2) is 20.4 Å². The largest absolute Gasteiger partial charge is 0.368 e. The maximum Gasteiger partial charge on any atom is 0.237 e. The van der Waals surface area contributed by atoms with Crippen LogP contribution in [0, 0.1) is 11.7 Å². The average Bonchev–Trinajstić information content (AvgIpc) is 2.45. The Kier molecular flexibility index (Phi) is 2.28. The number of hydrogen-bond donors (Lipinski definition) is 2. The molecule has 0 bridgehead atoms. The number of fused-ring (bicyclic) bond motifs is 1. The third kappa shape index (κ3) is 1.63. The summed E-state index contributed by atoms with van der Waals surface area (Å²) in [5.41, 5.74) is 7.69. The molecule has 6 heteroatoms. The lowest BCUT2D eigenvalue weighted by molar-refractivity contribution is -0.118. The van der Waals surface area contributed by atoms with E-state index in [9.17, 15) is 4.79 Å². The van der Waals surface area contributed by atoms with Gasteiger partial charge >= 0.3 is 0 Å². The van der Waals surface area contributed by atoms with Gasteiger partial charge in [0.1, 0.15) is 6.54 Å². The van der Waals surface area contributed by atoms with Gasteiger partial charge in [-0.1, -0.05) is 0 Å². The number of nitrogens with two attached hydrogens (primary N) is 1. The van der Waals surface area contributed by atoms with E-state index in [-0.39, 0.29) is 6.54 Å². The molecule has 3 N–H and O–H groups in total. The SMILES string of the molecule is Cc1ccnc2c1[nH]c(=S)n2CC(N)=O. The average molecular weight is 222 g/mol. The molecule has 15 heavy (non-hydrogen) atoms. The van der Waals surface area contributed by atoms with Crippen molar-refractivity contribution in [2.24, 2.45) is 5.73 Å². The van der Waals surface area contributed by atoms with Crippen LogP contribution < -0.4 is 5.73 Å². The summed E-state index contributed by atoms with van der Waals surface area (Å²) in [6, 6.07) is 1.88. The van der Waals surface area contributed by atoms with E-state index in [1.54, 1.807) is 10.8 Å². The first kappa shape index (κ1) is 9.85. The first-order chi connectivity index (χ1) is 7.09. The molecule has 78 valence electrons. The van der Waals surface area contributed by atoms with Crippen LogP contribution in [0.25, 0.3) is 11.2 Å². The van der Waals surface area contributed by atoms with Gasteiger partial charge in [0.2, 0.25) is 5.91 Å². The summed E-state index contributed by atoms with van der Waals surface area (Å²) >= 11 is 5.09. The van der Waals surface area contributed by atoms with Crippen LogP contribution in [0.4, 0.5) is 0 Å². The zero-order valence-corrected chi connectivity index (χ0v) is 8.97. The quantitative estimate of drug-likeness (QED) is 0.741. The zero-order valence-electron chi connectivity index (χ0n) is 8.15. The van der Waals surface area contributed by atoms with Crippen molar-refractivity contribution in [1.29, 1.82) is 0 Å². The van der Waals surface area contributed by atoms with E-state index in [2.05, 4.69) is 9.97 Å². The number of imidazole rings is 1. The normalized spacial score (nSPS) is 10.7. The molecule has 2 rings (SSSR count). The molecule has 0 saturated carbocycles. The van der Waals surface area contributed by atoms with Crippen molar-refractivity contribution < 1.29 is 4.79 Å². The highest BCUT2D eigenvalue weighted by Crippen LogP contribution is 2.14. The fraction of sp³-hybridized carbons (Fsp3) is 0.222. The minimum Gasteiger partial charge on any atom is -0.368 e. The molecule has 0 unspecified atom stereocenters. The molecule has 2 aromatic heterocycles. The predicted molar refractivity (Wildman–Crippen MR) is 58.8 cm³/mol. The van der Waals surface area contributed by atoms with Crippen LogP contribution in [0.1, 0.15) is 5.56 Å². The number of aromatic amines is 1. The molecule has 0 aliphatic heterocycles. The first-order valence-electron chi connectivity index (χ1n) is 4.42. The van der Waals surface area contributed by atoms with Gasteiger partial charge in [-0.25, -0.2) is 4.98 Å². The number of carbonyl (C=O) groups excluding carboxylic acids is 1. The van der Waals surface area contributed by atoms with Gasteiger partial charge in [0, 0.05) is 6.20 Å². The maximum atomic E-state index is 10.9. The van der Waals surface area contributed by atoms with E-state index in [1.165, 1.54) is 0 Å². The van der Waals surface area contributed by atoms with Gasteiger partial charge in [-0.3, -0.25) is 9.36 Å². The van der Waals surface area contributed by atoms with E-state index in [4.69, 9.17) is 18.0 Å². The molecule has 0 aliphatic carbocycles. The number of pyridine rings is 1. The molecule has 2 aromatic rings. The van der Waals surface area contributed by atoms with Crippen molar-refractivity contribution >= 4 is 29.3 Å². The Morgan fingerprint density at radius 2 is 2.47 bits per heavy atom. The Balaban J connectivity index is 2.74. The number of carbonyl (C=O) groups is 1. The van der Waals surface area contributed by atoms with Crippen LogP contribution >= 0.6 is 12.2 Å². The highest BCUT2D eigenvalue weighted by molar-refractivity contribution is 7.71. The second kappa shape index (κ2) is 3.47. The van der Waals surface area contributed by atoms with E-state index in [0.717, 1.165) is 11.1 Å². The van der Waals surface area contributed by atoms with Gasteiger partial charge in [0.05, 0.1) is 5.52 Å². The van der Waals surface area contributed by atoms with E-state index < -0.39 is 5.91 Å². The number of H-pyrrole nitrogens is 1. The lowest BCUT2D eigenvalue weighted by atomic mass is 10.3. The fourth-order valence-electron chi connectivity index (χ4n) is 1.48. The predicted octanol–water partition coefficient (Wildman–Crippen LogP) is 0.888. The minimum atomic E-state index is -0.435. The zero-order chi connectivity index (χ0) is 11.0. The smallest absolute Gasteiger partial charge is 0.237 e. The number of aryl methyl sites for hydroxylation is 1. The van der Waals surface area contributed by atoms with Gasteiger partial charge in [-0.2, -0.15) is 0 Å². The molecule has 0 fully saturated rings. The van der Waals surface area contributed by atoms with E-state index >= 15 is 0 Å². The summed E-state index contributed by atoms with van der Waals surface area (Å²) in [7, 11) is 0. The second-order valence-electron chi connectivity index (χ2n) is 3.31. The number of nitrogens with zero attached hydrogens (tertiary/aromatic N) is 2. The number of nitrogens with one attached hydrogen (secondary N) is 1. The van der Waals surface area contributed by atoms with Crippen LogP contribution in [0.3, 0.4) is 0 Å². The summed E-state index contributed by atoms with van der Waals surface area (Å²) < 4.78 is 2.06. The third-order valence-corrected chi connectivity index (χ3v) is 2.51. The second-order valence-corrected chi connectivity index (χ2v) is 3.70. The fourth-order valence-corrected chi connectivity index (χ4v) is 1.73. The number of primary amides is 1. The lowest BCUT2D eigenvalue weighted by Crippen LogP contribution is -2.18. The standard InChI is InChI=1S/C9H10N4OS/c1-5-2-3-11-8-7(5)12-9(15)13(8)4-6(10)14/h2-3H,4H2,1H3,(H2,10,14)(H,12,15). The summed E-state index contributed by atoms with van der Waals surface area (Å²) in [6.07, 6.45) is 1.68. The van der Waals surface area contributed by atoms with Gasteiger partial charge < -0.3 is 10.7 Å². The van der Waals surface area contributed by atoms with Crippen molar-refractivity contribution in [2.75, 3.05) is 0 Å². The van der Waals surface area contributed by atoms with Crippen LogP contribution in [0.15, 0.2) is 12.3 Å². The highest BCUT2D eigenvalue weighted by atomic mass is 32.1. The molecule has 5 nitrogen and oxygen atoms in total. The van der Waals surface area contributed by atoms with E-state index in [0.29, 0.717) is 10.4 Å². The van der Waals surface area contributed by atoms with Gasteiger partial charge in [-0.15, -0.1) is 0 Å². The molecular weight excluding hydrogens is 212 g/mol. The van der Waals surface area contributed by atoms with Crippen LogP contribution in [-0.2, 0) is 11.3 Å². The molecule has 1 amide bonds. The molecular formula is C9H10N4OS. The Bertz CT molecular complexity index is 583. The van der Waals surface area contributed by atoms with Crippen molar-refractivity contribution in [1.82, 2.24) is 14.5 Å². The number of rotatable bonds is 2. The summed E-state index contributed by atoms with van der Waals surface area (Å²) in [4.78, 5) is 18.0. The number of aromatic nitrogens is 3. The Hall–Kier alpha value is -1.69. The maximum absolute atomic E-state index is 10.9. The lowest BCUT2D eigenvalue weighted by Gasteiger charge is -1.99. The number of amides is 1. The summed E-state index contributed by atoms with van der Waals surface area (Å²) in [5.74, 6) is -0.435.